The third-order valence-corrected chi connectivity index (χ3v) is 3.28. The minimum absolute atomic E-state index is 0.00986. The van der Waals surface area contributed by atoms with E-state index in [0.717, 1.165) is 18.5 Å². The summed E-state index contributed by atoms with van der Waals surface area (Å²) in [5.74, 6) is 0.198. The second kappa shape index (κ2) is 4.07. The molecule has 3 nitrogen and oxygen atoms in total. The van der Waals surface area contributed by atoms with E-state index in [1.54, 1.807) is 6.08 Å². The van der Waals surface area contributed by atoms with Crippen LogP contribution in [0.3, 0.4) is 0 Å². The maximum atomic E-state index is 11.0. The first-order valence-electron chi connectivity index (χ1n) is 4.28. The van der Waals surface area contributed by atoms with Gasteiger partial charge in [-0.15, -0.1) is 6.58 Å². The molecule has 0 aromatic rings. The molecule has 0 aromatic carbocycles. The number of hydrogen-bond donors (Lipinski definition) is 1. The van der Waals surface area contributed by atoms with E-state index in [2.05, 4.69) is 11.9 Å². The van der Waals surface area contributed by atoms with Crippen molar-refractivity contribution in [2.24, 2.45) is 0 Å². The molecule has 0 radical (unpaired) electrons. The molecular formula is C9H15NO2S. The average Bonchev–Trinajstić information content (AvgIpc) is 2.29. The molecule has 0 aliphatic carbocycles. The van der Waals surface area contributed by atoms with Crippen molar-refractivity contribution in [1.29, 1.82) is 0 Å². The molecule has 1 aliphatic heterocycles. The molecule has 74 valence electrons. The Morgan fingerprint density at radius 1 is 1.69 bits per heavy atom. The van der Waals surface area contributed by atoms with E-state index in [1.807, 2.05) is 6.92 Å². The lowest BCUT2D eigenvalue weighted by atomic mass is 10.2. The molecule has 1 unspecified atom stereocenters. The SMILES string of the molecule is C=C(C)CCNC1C=CS(=O)(=O)C1. The van der Waals surface area contributed by atoms with Gasteiger partial charge in [0, 0.05) is 11.4 Å². The van der Waals surface area contributed by atoms with Crippen molar-refractivity contribution >= 4 is 9.84 Å². The van der Waals surface area contributed by atoms with Crippen molar-refractivity contribution in [3.63, 3.8) is 0 Å². The van der Waals surface area contributed by atoms with Gasteiger partial charge in [0.1, 0.15) is 0 Å². The largest absolute Gasteiger partial charge is 0.309 e. The van der Waals surface area contributed by atoms with Gasteiger partial charge in [-0.2, -0.15) is 0 Å². The van der Waals surface area contributed by atoms with Gasteiger partial charge in [-0.25, -0.2) is 8.42 Å². The highest BCUT2D eigenvalue weighted by atomic mass is 32.2. The van der Waals surface area contributed by atoms with E-state index in [0.29, 0.717) is 0 Å². The van der Waals surface area contributed by atoms with Crippen LogP contribution < -0.4 is 5.32 Å². The van der Waals surface area contributed by atoms with Crippen LogP contribution in [0, 0.1) is 0 Å². The van der Waals surface area contributed by atoms with E-state index in [-0.39, 0.29) is 11.8 Å². The van der Waals surface area contributed by atoms with Crippen LogP contribution >= 0.6 is 0 Å². The lowest BCUT2D eigenvalue weighted by Gasteiger charge is -2.08. The number of hydrogen-bond acceptors (Lipinski definition) is 3. The maximum absolute atomic E-state index is 11.0. The highest BCUT2D eigenvalue weighted by Gasteiger charge is 2.20. The van der Waals surface area contributed by atoms with Crippen LogP contribution in [-0.4, -0.2) is 26.8 Å². The Balaban J connectivity index is 2.27. The van der Waals surface area contributed by atoms with E-state index in [1.165, 1.54) is 5.41 Å². The topological polar surface area (TPSA) is 46.2 Å². The smallest absolute Gasteiger partial charge is 0.173 e. The Bertz CT molecular complexity index is 317. The average molecular weight is 201 g/mol. The van der Waals surface area contributed by atoms with Gasteiger partial charge in [-0.1, -0.05) is 11.6 Å². The van der Waals surface area contributed by atoms with Gasteiger partial charge in [0.25, 0.3) is 0 Å². The second-order valence-corrected chi connectivity index (χ2v) is 5.36. The van der Waals surface area contributed by atoms with Gasteiger partial charge < -0.3 is 5.32 Å². The number of nitrogens with one attached hydrogen (secondary N) is 1. The fourth-order valence-corrected chi connectivity index (χ4v) is 2.44. The van der Waals surface area contributed by atoms with Gasteiger partial charge in [0.15, 0.2) is 9.84 Å². The van der Waals surface area contributed by atoms with Crippen molar-refractivity contribution in [3.8, 4) is 0 Å². The summed E-state index contributed by atoms with van der Waals surface area (Å²) in [7, 11) is -2.91. The van der Waals surface area contributed by atoms with Crippen molar-refractivity contribution in [3.05, 3.63) is 23.6 Å². The Morgan fingerprint density at radius 3 is 2.85 bits per heavy atom. The standard InChI is InChI=1S/C9H15NO2S/c1-8(2)3-5-10-9-4-6-13(11,12)7-9/h4,6,9-10H,1,3,5,7H2,2H3. The number of sulfone groups is 1. The van der Waals surface area contributed by atoms with Crippen LogP contribution in [0.1, 0.15) is 13.3 Å². The highest BCUT2D eigenvalue weighted by molar-refractivity contribution is 7.94. The summed E-state index contributed by atoms with van der Waals surface area (Å²) in [5.41, 5.74) is 1.11. The van der Waals surface area contributed by atoms with E-state index in [4.69, 9.17) is 0 Å². The second-order valence-electron chi connectivity index (χ2n) is 3.43. The van der Waals surface area contributed by atoms with Gasteiger partial charge >= 0.3 is 0 Å². The molecule has 0 aromatic heterocycles. The first-order valence-corrected chi connectivity index (χ1v) is 6.00. The van der Waals surface area contributed by atoms with Gasteiger partial charge in [-0.05, 0) is 19.9 Å². The van der Waals surface area contributed by atoms with Gasteiger partial charge in [-0.3, -0.25) is 0 Å². The fourth-order valence-electron chi connectivity index (χ4n) is 1.17. The van der Waals surface area contributed by atoms with E-state index >= 15 is 0 Å². The summed E-state index contributed by atoms with van der Waals surface area (Å²) in [6.45, 7) is 6.52. The van der Waals surface area contributed by atoms with Crippen LogP contribution in [0.15, 0.2) is 23.6 Å². The lowest BCUT2D eigenvalue weighted by Crippen LogP contribution is -2.30. The monoisotopic (exact) mass is 201 g/mol. The zero-order valence-electron chi connectivity index (χ0n) is 7.79. The van der Waals surface area contributed by atoms with Gasteiger partial charge in [0.2, 0.25) is 0 Å². The zero-order valence-corrected chi connectivity index (χ0v) is 8.60. The third kappa shape index (κ3) is 3.74. The van der Waals surface area contributed by atoms with Crippen molar-refractivity contribution in [1.82, 2.24) is 5.32 Å². The Kier molecular flexibility index (Phi) is 3.27. The third-order valence-electron chi connectivity index (χ3n) is 1.89. The predicted octanol–water partition coefficient (Wildman–Crippen LogP) is 0.853. The fraction of sp³-hybridized carbons (Fsp3) is 0.556. The first-order chi connectivity index (χ1) is 5.99. The predicted molar refractivity (Wildman–Crippen MR) is 54.1 cm³/mol. The summed E-state index contributed by atoms with van der Waals surface area (Å²) in [4.78, 5) is 0. The molecule has 0 fully saturated rings. The minimum atomic E-state index is -2.91. The van der Waals surface area contributed by atoms with E-state index in [9.17, 15) is 8.42 Å². The molecule has 4 heteroatoms. The summed E-state index contributed by atoms with van der Waals surface area (Å²) in [6.07, 6.45) is 2.60. The molecule has 0 saturated carbocycles. The number of rotatable bonds is 4. The Morgan fingerprint density at radius 2 is 2.38 bits per heavy atom. The molecule has 1 heterocycles. The lowest BCUT2D eigenvalue weighted by molar-refractivity contribution is 0.591. The van der Waals surface area contributed by atoms with Crippen LogP contribution in [0.4, 0.5) is 0 Å². The van der Waals surface area contributed by atoms with Gasteiger partial charge in [0.05, 0.1) is 5.75 Å². The Labute approximate surface area is 79.4 Å². The molecular weight excluding hydrogens is 186 g/mol. The molecule has 0 amide bonds. The van der Waals surface area contributed by atoms with E-state index < -0.39 is 9.84 Å². The molecule has 1 atom stereocenters. The first kappa shape index (κ1) is 10.5. The summed E-state index contributed by atoms with van der Waals surface area (Å²) < 4.78 is 22.0. The van der Waals surface area contributed by atoms with Crippen molar-refractivity contribution < 1.29 is 8.42 Å². The van der Waals surface area contributed by atoms with Crippen LogP contribution in [0.2, 0.25) is 0 Å². The highest BCUT2D eigenvalue weighted by Crippen LogP contribution is 2.07. The maximum Gasteiger partial charge on any atom is 0.173 e. The van der Waals surface area contributed by atoms with Crippen LogP contribution in [0.5, 0.6) is 0 Å². The normalized spacial score (nSPS) is 24.8. The van der Waals surface area contributed by atoms with Crippen molar-refractivity contribution in [2.45, 2.75) is 19.4 Å². The van der Waals surface area contributed by atoms with Crippen LogP contribution in [0.25, 0.3) is 0 Å². The molecule has 0 bridgehead atoms. The molecule has 13 heavy (non-hydrogen) atoms. The molecule has 0 spiro atoms. The summed E-state index contributed by atoms with van der Waals surface area (Å²) in [6, 6.07) is -0.00986. The molecule has 1 N–H and O–H groups in total. The van der Waals surface area contributed by atoms with Crippen molar-refractivity contribution in [2.75, 3.05) is 12.3 Å². The molecule has 1 aliphatic rings. The summed E-state index contributed by atoms with van der Waals surface area (Å²) >= 11 is 0. The summed E-state index contributed by atoms with van der Waals surface area (Å²) in [5, 5.41) is 4.42. The minimum Gasteiger partial charge on any atom is -0.309 e. The molecule has 1 rings (SSSR count). The quantitative estimate of drug-likeness (QED) is 0.686. The molecule has 0 saturated heterocycles. The Hall–Kier alpha value is -0.610. The van der Waals surface area contributed by atoms with Crippen LogP contribution in [-0.2, 0) is 9.84 Å². The zero-order chi connectivity index (χ0) is 9.90.